The molecule has 98 valence electrons. The van der Waals surface area contributed by atoms with Crippen molar-refractivity contribution in [1.82, 2.24) is 15.3 Å². The number of aliphatic carboxylic acids is 1. The lowest BCUT2D eigenvalue weighted by Gasteiger charge is -2.12. The van der Waals surface area contributed by atoms with Crippen molar-refractivity contribution in [3.8, 4) is 0 Å². The predicted molar refractivity (Wildman–Crippen MR) is 63.5 cm³/mol. The summed E-state index contributed by atoms with van der Waals surface area (Å²) in [6.07, 6.45) is 3.75. The van der Waals surface area contributed by atoms with Crippen LogP contribution in [-0.2, 0) is 22.6 Å². The van der Waals surface area contributed by atoms with Crippen molar-refractivity contribution < 1.29 is 14.7 Å². The molecule has 1 rings (SSSR count). The Morgan fingerprint density at radius 3 is 2.50 bits per heavy atom. The number of amides is 1. The van der Waals surface area contributed by atoms with Gasteiger partial charge in [-0.15, -0.1) is 0 Å². The number of hydrogen-bond acceptors (Lipinski definition) is 5. The Kier molecular flexibility index (Phi) is 5.19. The number of hydrogen-bond donors (Lipinski definition) is 3. The molecule has 0 aliphatic carbocycles. The van der Waals surface area contributed by atoms with Gasteiger partial charge in [-0.25, -0.2) is 9.97 Å². The highest BCUT2D eigenvalue weighted by molar-refractivity contribution is 5.83. The zero-order valence-electron chi connectivity index (χ0n) is 10.1. The number of aryl methyl sites for hydroxylation is 1. The van der Waals surface area contributed by atoms with Crippen LogP contribution in [0.4, 0.5) is 0 Å². The summed E-state index contributed by atoms with van der Waals surface area (Å²) in [7, 11) is 0. The third-order valence-corrected chi connectivity index (χ3v) is 2.33. The van der Waals surface area contributed by atoms with E-state index < -0.39 is 17.9 Å². The van der Waals surface area contributed by atoms with E-state index in [-0.39, 0.29) is 13.0 Å². The van der Waals surface area contributed by atoms with Crippen molar-refractivity contribution in [3.63, 3.8) is 0 Å². The van der Waals surface area contributed by atoms with Crippen LogP contribution in [0.15, 0.2) is 12.4 Å². The van der Waals surface area contributed by atoms with Crippen LogP contribution >= 0.6 is 0 Å². The molecular weight excluding hydrogens is 236 g/mol. The minimum atomic E-state index is -1.11. The molecule has 0 saturated carbocycles. The van der Waals surface area contributed by atoms with Gasteiger partial charge in [-0.2, -0.15) is 0 Å². The topological polar surface area (TPSA) is 118 Å². The Balaban J connectivity index is 2.55. The van der Waals surface area contributed by atoms with E-state index in [0.717, 1.165) is 17.8 Å². The first-order chi connectivity index (χ1) is 8.52. The molecule has 0 radical (unpaired) electrons. The second kappa shape index (κ2) is 6.65. The third-order valence-electron chi connectivity index (χ3n) is 2.33. The van der Waals surface area contributed by atoms with Crippen LogP contribution in [0.25, 0.3) is 0 Å². The van der Waals surface area contributed by atoms with E-state index in [0.29, 0.717) is 0 Å². The first kappa shape index (κ1) is 14.0. The maximum atomic E-state index is 10.9. The van der Waals surface area contributed by atoms with Crippen molar-refractivity contribution >= 4 is 11.9 Å². The lowest BCUT2D eigenvalue weighted by molar-refractivity contribution is -0.141. The number of carboxylic acid groups (broad SMARTS) is 1. The Bertz CT molecular complexity index is 419. The zero-order valence-corrected chi connectivity index (χ0v) is 10.1. The van der Waals surface area contributed by atoms with Crippen LogP contribution in [0.2, 0.25) is 0 Å². The molecule has 18 heavy (non-hydrogen) atoms. The lowest BCUT2D eigenvalue weighted by atomic mass is 10.2. The van der Waals surface area contributed by atoms with Crippen LogP contribution in [0.1, 0.15) is 24.7 Å². The molecule has 1 aromatic heterocycles. The number of primary amides is 1. The van der Waals surface area contributed by atoms with E-state index in [1.54, 1.807) is 12.4 Å². The molecular formula is C11H16N4O3. The van der Waals surface area contributed by atoms with Gasteiger partial charge in [0.15, 0.2) is 0 Å². The van der Waals surface area contributed by atoms with E-state index in [4.69, 9.17) is 10.8 Å². The Labute approximate surface area is 104 Å². The number of nitrogens with two attached hydrogens (primary N) is 1. The SMILES string of the molecule is CCc1ncc(CN[C@@H](CC(N)=O)C(=O)O)cn1. The molecule has 0 saturated heterocycles. The van der Waals surface area contributed by atoms with Gasteiger partial charge in [-0.05, 0) is 0 Å². The molecule has 0 spiro atoms. The average Bonchev–Trinajstić information content (AvgIpc) is 2.34. The Hall–Kier alpha value is -2.02. The fraction of sp³-hybridized carbons (Fsp3) is 0.455. The molecule has 1 amide bonds. The van der Waals surface area contributed by atoms with Gasteiger partial charge in [0.2, 0.25) is 5.91 Å². The summed E-state index contributed by atoms with van der Waals surface area (Å²) >= 11 is 0. The summed E-state index contributed by atoms with van der Waals surface area (Å²) in [6, 6.07) is -0.992. The fourth-order valence-electron chi connectivity index (χ4n) is 1.34. The number of carboxylic acids is 1. The van der Waals surface area contributed by atoms with E-state index in [1.807, 2.05) is 6.92 Å². The predicted octanol–water partition coefficient (Wildman–Crippen LogP) is -0.543. The molecule has 0 fully saturated rings. The van der Waals surface area contributed by atoms with Gasteiger partial charge in [-0.3, -0.25) is 14.9 Å². The van der Waals surface area contributed by atoms with Crippen molar-refractivity contribution in [1.29, 1.82) is 0 Å². The number of aromatic nitrogens is 2. The van der Waals surface area contributed by atoms with Crippen LogP contribution in [-0.4, -0.2) is 33.0 Å². The van der Waals surface area contributed by atoms with Gasteiger partial charge in [0, 0.05) is 30.9 Å². The maximum absolute atomic E-state index is 10.9. The van der Waals surface area contributed by atoms with Crippen molar-refractivity contribution in [2.45, 2.75) is 32.4 Å². The molecule has 1 aromatic rings. The summed E-state index contributed by atoms with van der Waals surface area (Å²) < 4.78 is 0. The third kappa shape index (κ3) is 4.46. The minimum absolute atomic E-state index is 0.247. The first-order valence-electron chi connectivity index (χ1n) is 5.57. The quantitative estimate of drug-likeness (QED) is 0.599. The summed E-state index contributed by atoms with van der Waals surface area (Å²) in [5.74, 6) is -1.04. The molecule has 7 heteroatoms. The van der Waals surface area contributed by atoms with Gasteiger partial charge in [-0.1, -0.05) is 6.92 Å². The average molecular weight is 252 g/mol. The molecule has 0 aromatic carbocycles. The Morgan fingerprint density at radius 2 is 2.06 bits per heavy atom. The largest absolute Gasteiger partial charge is 0.480 e. The number of carbonyl (C=O) groups excluding carboxylic acids is 1. The standard InChI is InChI=1S/C11H16N4O3/c1-2-10-14-5-7(6-15-10)4-13-8(11(17)18)3-9(12)16/h5-6,8,13H,2-4H2,1H3,(H2,12,16)(H,17,18)/t8-/m0/s1. The van der Waals surface area contributed by atoms with Crippen molar-refractivity contribution in [2.24, 2.45) is 5.73 Å². The van der Waals surface area contributed by atoms with E-state index in [9.17, 15) is 9.59 Å². The van der Waals surface area contributed by atoms with Crippen molar-refractivity contribution in [2.75, 3.05) is 0 Å². The first-order valence-corrected chi connectivity index (χ1v) is 5.57. The molecule has 0 bridgehead atoms. The van der Waals surface area contributed by atoms with Gasteiger partial charge in [0.05, 0.1) is 6.42 Å². The molecule has 4 N–H and O–H groups in total. The molecule has 0 unspecified atom stereocenters. The zero-order chi connectivity index (χ0) is 13.5. The van der Waals surface area contributed by atoms with Crippen LogP contribution in [0.3, 0.4) is 0 Å². The van der Waals surface area contributed by atoms with Crippen LogP contribution < -0.4 is 11.1 Å². The van der Waals surface area contributed by atoms with Gasteiger partial charge in [0.1, 0.15) is 11.9 Å². The second-order valence-corrected chi connectivity index (χ2v) is 3.80. The van der Waals surface area contributed by atoms with Crippen LogP contribution in [0, 0.1) is 0 Å². The molecule has 1 heterocycles. The highest BCUT2D eigenvalue weighted by Crippen LogP contribution is 1.99. The van der Waals surface area contributed by atoms with Gasteiger partial charge >= 0.3 is 5.97 Å². The highest BCUT2D eigenvalue weighted by atomic mass is 16.4. The van der Waals surface area contributed by atoms with Gasteiger partial charge < -0.3 is 10.8 Å². The molecule has 0 aliphatic rings. The second-order valence-electron chi connectivity index (χ2n) is 3.80. The monoisotopic (exact) mass is 252 g/mol. The number of nitrogens with zero attached hydrogens (tertiary/aromatic N) is 2. The highest BCUT2D eigenvalue weighted by Gasteiger charge is 2.19. The normalized spacial score (nSPS) is 12.1. The smallest absolute Gasteiger partial charge is 0.321 e. The molecule has 0 aliphatic heterocycles. The van der Waals surface area contributed by atoms with Gasteiger partial charge in [0.25, 0.3) is 0 Å². The minimum Gasteiger partial charge on any atom is -0.480 e. The maximum Gasteiger partial charge on any atom is 0.321 e. The van der Waals surface area contributed by atoms with Crippen LogP contribution in [0.5, 0.6) is 0 Å². The fourth-order valence-corrected chi connectivity index (χ4v) is 1.34. The van der Waals surface area contributed by atoms with Crippen molar-refractivity contribution in [3.05, 3.63) is 23.8 Å². The summed E-state index contributed by atoms with van der Waals surface area (Å²) in [5.41, 5.74) is 5.72. The summed E-state index contributed by atoms with van der Waals surface area (Å²) in [5, 5.41) is 11.6. The number of carbonyl (C=O) groups is 2. The Morgan fingerprint density at radius 1 is 1.44 bits per heavy atom. The summed E-state index contributed by atoms with van der Waals surface area (Å²) in [4.78, 5) is 29.7. The number of rotatable bonds is 7. The summed E-state index contributed by atoms with van der Waals surface area (Å²) in [6.45, 7) is 2.22. The van der Waals surface area contributed by atoms with E-state index >= 15 is 0 Å². The van der Waals surface area contributed by atoms with E-state index in [2.05, 4.69) is 15.3 Å². The lowest BCUT2D eigenvalue weighted by Crippen LogP contribution is -2.39. The number of nitrogens with one attached hydrogen (secondary N) is 1. The molecule has 1 atom stereocenters. The molecule has 7 nitrogen and oxygen atoms in total. The van der Waals surface area contributed by atoms with E-state index in [1.165, 1.54) is 0 Å².